The molecule has 0 saturated heterocycles. The first-order valence-electron chi connectivity index (χ1n) is 17.0. The third-order valence-electron chi connectivity index (χ3n) is 7.24. The van der Waals surface area contributed by atoms with E-state index in [0.717, 1.165) is 25.7 Å². The fraction of sp³-hybridized carbons (Fsp3) is 0.941. The molecule has 0 aliphatic heterocycles. The van der Waals surface area contributed by atoms with Crippen molar-refractivity contribution in [1.82, 2.24) is 0 Å². The molecular formula is C34H68O4. The van der Waals surface area contributed by atoms with Gasteiger partial charge >= 0.3 is 11.9 Å². The van der Waals surface area contributed by atoms with Crippen LogP contribution in [0.3, 0.4) is 0 Å². The highest BCUT2D eigenvalue weighted by Crippen LogP contribution is 2.13. The number of carboxylic acid groups (broad SMARTS) is 1. The monoisotopic (exact) mass is 541 g/mol. The van der Waals surface area contributed by atoms with Gasteiger partial charge in [0.2, 0.25) is 0 Å². The van der Waals surface area contributed by atoms with Crippen LogP contribution in [0.25, 0.3) is 0 Å². The van der Waals surface area contributed by atoms with Crippen LogP contribution in [0, 0.1) is 0 Å². The molecule has 228 valence electrons. The van der Waals surface area contributed by atoms with E-state index < -0.39 is 5.97 Å². The van der Waals surface area contributed by atoms with Crippen LogP contribution in [-0.2, 0) is 14.3 Å². The first kappa shape index (κ1) is 39.1. The largest absolute Gasteiger partial charge is 0.481 e. The molecule has 0 aromatic heterocycles. The molecule has 0 radical (unpaired) electrons. The van der Waals surface area contributed by atoms with Gasteiger partial charge in [-0.05, 0) is 19.3 Å². The van der Waals surface area contributed by atoms with Gasteiger partial charge in [0.1, 0.15) is 0 Å². The highest BCUT2D eigenvalue weighted by atomic mass is 16.5. The molecular weight excluding hydrogens is 472 g/mol. The van der Waals surface area contributed by atoms with Gasteiger partial charge in [0, 0.05) is 12.8 Å². The highest BCUT2D eigenvalue weighted by Gasteiger charge is 2.02. The summed E-state index contributed by atoms with van der Waals surface area (Å²) in [5, 5.41) is 8.52. The number of carbonyl (C=O) groups is 2. The third kappa shape index (κ3) is 39.5. The van der Waals surface area contributed by atoms with Gasteiger partial charge in [0.25, 0.3) is 0 Å². The summed E-state index contributed by atoms with van der Waals surface area (Å²) in [6.45, 7) is 7.32. The van der Waals surface area contributed by atoms with E-state index in [0.29, 0.717) is 19.4 Å². The average molecular weight is 541 g/mol. The molecule has 0 aromatic rings. The van der Waals surface area contributed by atoms with Crippen LogP contribution in [-0.4, -0.2) is 23.7 Å². The molecule has 0 aromatic carbocycles. The Morgan fingerprint density at radius 3 is 1.05 bits per heavy atom. The van der Waals surface area contributed by atoms with E-state index in [1.807, 2.05) is 0 Å². The number of unbranched alkanes of at least 4 members (excludes halogenated alkanes) is 23. The third-order valence-corrected chi connectivity index (χ3v) is 7.24. The Hall–Kier alpha value is -1.06. The zero-order valence-electron chi connectivity index (χ0n) is 26.2. The minimum absolute atomic E-state index is 0.0000525. The molecule has 0 fully saturated rings. The van der Waals surface area contributed by atoms with Gasteiger partial charge in [-0.15, -0.1) is 0 Å². The van der Waals surface area contributed by atoms with Crippen molar-refractivity contribution >= 4 is 11.9 Å². The van der Waals surface area contributed by atoms with Gasteiger partial charge < -0.3 is 9.84 Å². The summed E-state index contributed by atoms with van der Waals surface area (Å²) < 4.78 is 5.22. The number of carbonyl (C=O) groups excluding carboxylic acids is 1. The molecule has 1 N–H and O–H groups in total. The molecule has 4 heteroatoms. The normalized spacial score (nSPS) is 10.7. The Bertz CT molecular complexity index is 463. The van der Waals surface area contributed by atoms with Crippen molar-refractivity contribution in [1.29, 1.82) is 0 Å². The fourth-order valence-corrected chi connectivity index (χ4v) is 4.66. The first-order valence-corrected chi connectivity index (χ1v) is 17.0. The Labute approximate surface area is 238 Å². The molecule has 0 atom stereocenters. The van der Waals surface area contributed by atoms with Crippen molar-refractivity contribution in [2.24, 2.45) is 0 Å². The minimum atomic E-state index is -0.653. The van der Waals surface area contributed by atoms with Gasteiger partial charge in [-0.1, -0.05) is 168 Å². The molecule has 0 spiro atoms. The van der Waals surface area contributed by atoms with Crippen molar-refractivity contribution in [2.75, 3.05) is 6.61 Å². The number of rotatable bonds is 29. The molecule has 0 aliphatic rings. The van der Waals surface area contributed by atoms with Crippen LogP contribution in [0.4, 0.5) is 0 Å². The molecule has 0 rings (SSSR count). The number of hydrogen-bond donors (Lipinski definition) is 1. The van der Waals surface area contributed by atoms with Crippen LogP contribution in [0.15, 0.2) is 0 Å². The second-order valence-corrected chi connectivity index (χ2v) is 11.2. The van der Waals surface area contributed by atoms with Crippen molar-refractivity contribution < 1.29 is 19.4 Å². The Balaban J connectivity index is 0. The van der Waals surface area contributed by atoms with E-state index >= 15 is 0 Å². The Kier molecular flexibility index (Phi) is 37.0. The predicted octanol–water partition coefficient (Wildman–Crippen LogP) is 11.6. The SMILES string of the molecule is CCCCCCCCCCCCCCCCCC(=O)O.CCCCCCCCOC(=O)CCCCCCC. The number of carboxylic acids is 1. The van der Waals surface area contributed by atoms with Crippen LogP contribution in [0.1, 0.15) is 201 Å². The van der Waals surface area contributed by atoms with Crippen LogP contribution in [0.2, 0.25) is 0 Å². The molecule has 0 amide bonds. The van der Waals surface area contributed by atoms with Gasteiger partial charge in [0.15, 0.2) is 0 Å². The summed E-state index contributed by atoms with van der Waals surface area (Å²) in [5.74, 6) is -0.653. The zero-order valence-corrected chi connectivity index (χ0v) is 26.2. The maximum Gasteiger partial charge on any atom is 0.305 e. The topological polar surface area (TPSA) is 63.6 Å². The maximum atomic E-state index is 11.4. The molecule has 4 nitrogen and oxygen atoms in total. The summed E-state index contributed by atoms with van der Waals surface area (Å²) in [4.78, 5) is 21.7. The van der Waals surface area contributed by atoms with Gasteiger partial charge in [-0.25, -0.2) is 0 Å². The molecule has 38 heavy (non-hydrogen) atoms. The Morgan fingerprint density at radius 1 is 0.421 bits per heavy atom. The lowest BCUT2D eigenvalue weighted by molar-refractivity contribution is -0.144. The van der Waals surface area contributed by atoms with E-state index in [1.165, 1.54) is 141 Å². The molecule has 0 bridgehead atoms. The predicted molar refractivity (Wildman–Crippen MR) is 165 cm³/mol. The number of esters is 1. The Morgan fingerprint density at radius 2 is 0.711 bits per heavy atom. The van der Waals surface area contributed by atoms with Gasteiger partial charge in [-0.3, -0.25) is 9.59 Å². The molecule has 0 saturated carbocycles. The number of hydrogen-bond acceptors (Lipinski definition) is 3. The highest BCUT2D eigenvalue weighted by molar-refractivity contribution is 5.69. The summed E-state index contributed by atoms with van der Waals surface area (Å²) in [5.41, 5.74) is 0. The lowest BCUT2D eigenvalue weighted by Crippen LogP contribution is -2.05. The standard InChI is InChI=1S/C18H36O2.C16H32O2/c1-2-3-4-5-6-7-8-9-10-11-12-13-14-15-16-17-18(19)20;1-3-5-7-9-11-13-15-18-16(17)14-12-10-8-6-4-2/h2-17H2,1H3,(H,19,20);3-15H2,1-2H3. The van der Waals surface area contributed by atoms with Crippen molar-refractivity contribution in [3.63, 3.8) is 0 Å². The molecule has 0 aliphatic carbocycles. The molecule has 0 unspecified atom stereocenters. The van der Waals surface area contributed by atoms with Gasteiger partial charge in [-0.2, -0.15) is 0 Å². The van der Waals surface area contributed by atoms with E-state index in [1.54, 1.807) is 0 Å². The lowest BCUT2D eigenvalue weighted by Gasteiger charge is -2.04. The van der Waals surface area contributed by atoms with E-state index in [4.69, 9.17) is 9.84 Å². The summed E-state index contributed by atoms with van der Waals surface area (Å²) >= 11 is 0. The van der Waals surface area contributed by atoms with Gasteiger partial charge in [0.05, 0.1) is 6.61 Å². The van der Waals surface area contributed by atoms with Crippen LogP contribution in [0.5, 0.6) is 0 Å². The fourth-order valence-electron chi connectivity index (χ4n) is 4.66. The van der Waals surface area contributed by atoms with Crippen LogP contribution < -0.4 is 0 Å². The zero-order chi connectivity index (χ0) is 28.4. The van der Waals surface area contributed by atoms with Crippen LogP contribution >= 0.6 is 0 Å². The van der Waals surface area contributed by atoms with Crippen molar-refractivity contribution in [3.8, 4) is 0 Å². The van der Waals surface area contributed by atoms with E-state index in [-0.39, 0.29) is 5.97 Å². The smallest absolute Gasteiger partial charge is 0.305 e. The second-order valence-electron chi connectivity index (χ2n) is 11.2. The lowest BCUT2D eigenvalue weighted by atomic mass is 10.0. The first-order chi connectivity index (χ1) is 18.6. The van der Waals surface area contributed by atoms with Crippen molar-refractivity contribution in [3.05, 3.63) is 0 Å². The maximum absolute atomic E-state index is 11.4. The summed E-state index contributed by atoms with van der Waals surface area (Å²) in [6.07, 6.45) is 34.2. The second kappa shape index (κ2) is 35.9. The summed E-state index contributed by atoms with van der Waals surface area (Å²) in [7, 11) is 0. The van der Waals surface area contributed by atoms with E-state index in [2.05, 4.69) is 20.8 Å². The molecule has 0 heterocycles. The number of aliphatic carboxylic acids is 1. The average Bonchev–Trinajstić information content (AvgIpc) is 2.90. The van der Waals surface area contributed by atoms with E-state index in [9.17, 15) is 9.59 Å². The quantitative estimate of drug-likeness (QED) is 0.0756. The minimum Gasteiger partial charge on any atom is -0.481 e. The summed E-state index contributed by atoms with van der Waals surface area (Å²) in [6, 6.07) is 0. The van der Waals surface area contributed by atoms with Crippen molar-refractivity contribution in [2.45, 2.75) is 201 Å². The number of ether oxygens (including phenoxy) is 1.